The van der Waals surface area contributed by atoms with Crippen LogP contribution < -0.4 is 10.2 Å². The topological polar surface area (TPSA) is 47.5 Å². The molecule has 2 atom stereocenters. The van der Waals surface area contributed by atoms with E-state index in [0.29, 0.717) is 24.2 Å². The van der Waals surface area contributed by atoms with Crippen molar-refractivity contribution >= 4 is 5.95 Å². The number of anilines is 1. The molecule has 27 heavy (non-hydrogen) atoms. The van der Waals surface area contributed by atoms with E-state index in [-0.39, 0.29) is 0 Å². The van der Waals surface area contributed by atoms with Crippen molar-refractivity contribution in [2.45, 2.75) is 76.2 Å². The molecular formula is C21H34N6. The third kappa shape index (κ3) is 3.36. The molecule has 6 heteroatoms. The SMILES string of the molecule is CC(C)N1CC2CNC(C1)N2c1ncc(C2CCN(C3CCC3)CC2)cn1. The Morgan fingerprint density at radius 1 is 1.00 bits per heavy atom. The molecule has 4 heterocycles. The van der Waals surface area contributed by atoms with E-state index >= 15 is 0 Å². The second-order valence-corrected chi connectivity index (χ2v) is 9.24. The Hall–Kier alpha value is -1.24. The van der Waals surface area contributed by atoms with Gasteiger partial charge in [0.25, 0.3) is 0 Å². The lowest BCUT2D eigenvalue weighted by Crippen LogP contribution is -2.57. The average Bonchev–Trinajstić information content (AvgIpc) is 2.90. The van der Waals surface area contributed by atoms with Gasteiger partial charge in [-0.25, -0.2) is 9.97 Å². The zero-order valence-corrected chi connectivity index (χ0v) is 16.8. The van der Waals surface area contributed by atoms with E-state index in [4.69, 9.17) is 9.97 Å². The van der Waals surface area contributed by atoms with E-state index in [2.05, 4.69) is 46.3 Å². The second-order valence-electron chi connectivity index (χ2n) is 9.24. The van der Waals surface area contributed by atoms with Crippen molar-refractivity contribution in [1.82, 2.24) is 25.1 Å². The molecule has 0 spiro atoms. The van der Waals surface area contributed by atoms with Gasteiger partial charge >= 0.3 is 0 Å². The van der Waals surface area contributed by atoms with Crippen LogP contribution in [-0.4, -0.2) is 76.8 Å². The standard InChI is InChI=1S/C21H34N6/c1-15(2)26-13-19-12-22-20(14-26)27(19)21-23-10-17(11-24-21)16-6-8-25(9-7-16)18-4-3-5-18/h10-11,15-16,18-20,22H,3-9,12-14H2,1-2H3. The van der Waals surface area contributed by atoms with Gasteiger partial charge in [0.2, 0.25) is 5.95 Å². The van der Waals surface area contributed by atoms with E-state index in [0.717, 1.165) is 31.6 Å². The molecule has 1 aromatic rings. The van der Waals surface area contributed by atoms with Gasteiger partial charge < -0.3 is 9.80 Å². The first kappa shape index (κ1) is 17.8. The summed E-state index contributed by atoms with van der Waals surface area (Å²) in [7, 11) is 0. The Bertz CT molecular complexity index is 621. The minimum Gasteiger partial charge on any atom is -0.318 e. The zero-order chi connectivity index (χ0) is 18.4. The molecular weight excluding hydrogens is 336 g/mol. The summed E-state index contributed by atoms with van der Waals surface area (Å²) in [6.45, 7) is 10.3. The summed E-state index contributed by atoms with van der Waals surface area (Å²) in [4.78, 5) is 17.3. The molecule has 3 aliphatic heterocycles. The van der Waals surface area contributed by atoms with Gasteiger partial charge in [-0.05, 0) is 64.1 Å². The maximum absolute atomic E-state index is 4.81. The molecule has 0 amide bonds. The molecule has 0 radical (unpaired) electrons. The van der Waals surface area contributed by atoms with E-state index < -0.39 is 0 Å². The number of fused-ring (bicyclic) bond motifs is 2. The average molecular weight is 371 g/mol. The summed E-state index contributed by atoms with van der Waals surface area (Å²) in [5.41, 5.74) is 1.34. The molecule has 4 fully saturated rings. The van der Waals surface area contributed by atoms with Crippen molar-refractivity contribution in [2.24, 2.45) is 0 Å². The van der Waals surface area contributed by atoms with Crippen molar-refractivity contribution in [3.63, 3.8) is 0 Å². The lowest BCUT2D eigenvalue weighted by atomic mass is 9.86. The molecule has 3 saturated heterocycles. The van der Waals surface area contributed by atoms with Crippen LogP contribution in [0.25, 0.3) is 0 Å². The normalized spacial score (nSPS) is 30.9. The molecule has 2 bridgehead atoms. The predicted molar refractivity (Wildman–Crippen MR) is 108 cm³/mol. The maximum atomic E-state index is 4.81. The highest BCUT2D eigenvalue weighted by molar-refractivity contribution is 5.38. The van der Waals surface area contributed by atoms with Crippen LogP contribution in [-0.2, 0) is 0 Å². The highest BCUT2D eigenvalue weighted by Crippen LogP contribution is 2.33. The van der Waals surface area contributed by atoms with Crippen molar-refractivity contribution in [1.29, 1.82) is 0 Å². The number of likely N-dealkylation sites (tertiary alicyclic amines) is 1. The molecule has 0 aromatic carbocycles. The van der Waals surface area contributed by atoms with Gasteiger partial charge in [-0.2, -0.15) is 0 Å². The van der Waals surface area contributed by atoms with Crippen molar-refractivity contribution < 1.29 is 0 Å². The summed E-state index contributed by atoms with van der Waals surface area (Å²) < 4.78 is 0. The third-order valence-corrected chi connectivity index (χ3v) is 7.38. The van der Waals surface area contributed by atoms with Gasteiger partial charge in [0, 0.05) is 44.1 Å². The number of hydrogen-bond donors (Lipinski definition) is 1. The van der Waals surface area contributed by atoms with Crippen LogP contribution in [0.5, 0.6) is 0 Å². The Morgan fingerprint density at radius 3 is 2.33 bits per heavy atom. The number of rotatable bonds is 4. The first-order chi connectivity index (χ1) is 13.2. The Balaban J connectivity index is 1.22. The van der Waals surface area contributed by atoms with E-state index in [1.165, 1.54) is 50.8 Å². The van der Waals surface area contributed by atoms with Crippen molar-refractivity contribution in [3.05, 3.63) is 18.0 Å². The molecule has 2 unspecified atom stereocenters. The Kier molecular flexibility index (Phi) is 4.82. The molecule has 5 rings (SSSR count). The molecule has 6 nitrogen and oxygen atoms in total. The molecule has 1 aliphatic carbocycles. The number of nitrogens with zero attached hydrogens (tertiary/aromatic N) is 5. The van der Waals surface area contributed by atoms with Crippen LogP contribution in [0.15, 0.2) is 12.4 Å². The van der Waals surface area contributed by atoms with Crippen LogP contribution in [0.3, 0.4) is 0 Å². The highest BCUT2D eigenvalue weighted by Gasteiger charge is 2.41. The summed E-state index contributed by atoms with van der Waals surface area (Å²) in [6.07, 6.45) is 11.4. The van der Waals surface area contributed by atoms with Gasteiger partial charge in [-0.1, -0.05) is 6.42 Å². The zero-order valence-electron chi connectivity index (χ0n) is 16.8. The van der Waals surface area contributed by atoms with Gasteiger partial charge in [-0.3, -0.25) is 10.2 Å². The third-order valence-electron chi connectivity index (χ3n) is 7.38. The van der Waals surface area contributed by atoms with Crippen molar-refractivity contribution in [2.75, 3.05) is 37.6 Å². The molecule has 1 aromatic heterocycles. The summed E-state index contributed by atoms with van der Waals surface area (Å²) >= 11 is 0. The first-order valence-corrected chi connectivity index (χ1v) is 11.0. The van der Waals surface area contributed by atoms with Crippen LogP contribution in [0.4, 0.5) is 5.95 Å². The van der Waals surface area contributed by atoms with Crippen LogP contribution >= 0.6 is 0 Å². The largest absolute Gasteiger partial charge is 0.318 e. The monoisotopic (exact) mass is 370 g/mol. The molecule has 1 N–H and O–H groups in total. The smallest absolute Gasteiger partial charge is 0.226 e. The summed E-state index contributed by atoms with van der Waals surface area (Å²) in [6, 6.07) is 1.98. The fourth-order valence-electron chi connectivity index (χ4n) is 5.35. The minimum atomic E-state index is 0.350. The van der Waals surface area contributed by atoms with E-state index in [1.807, 2.05) is 0 Å². The van der Waals surface area contributed by atoms with Gasteiger partial charge in [-0.15, -0.1) is 0 Å². The van der Waals surface area contributed by atoms with Crippen LogP contribution in [0.2, 0.25) is 0 Å². The maximum Gasteiger partial charge on any atom is 0.226 e. The van der Waals surface area contributed by atoms with Crippen LogP contribution in [0, 0.1) is 0 Å². The predicted octanol–water partition coefficient (Wildman–Crippen LogP) is 2.04. The minimum absolute atomic E-state index is 0.350. The fraction of sp³-hybridized carbons (Fsp3) is 0.810. The number of piperazine rings is 1. The lowest BCUT2D eigenvalue weighted by Gasteiger charge is -2.42. The quantitative estimate of drug-likeness (QED) is 0.875. The lowest BCUT2D eigenvalue weighted by molar-refractivity contribution is 0.0974. The second kappa shape index (κ2) is 7.30. The molecule has 1 saturated carbocycles. The van der Waals surface area contributed by atoms with Gasteiger partial charge in [0.05, 0.1) is 12.2 Å². The Morgan fingerprint density at radius 2 is 1.74 bits per heavy atom. The first-order valence-electron chi connectivity index (χ1n) is 11.0. The van der Waals surface area contributed by atoms with Crippen molar-refractivity contribution in [3.8, 4) is 0 Å². The number of piperidine rings is 1. The van der Waals surface area contributed by atoms with Crippen LogP contribution in [0.1, 0.15) is 57.4 Å². The van der Waals surface area contributed by atoms with E-state index in [9.17, 15) is 0 Å². The summed E-state index contributed by atoms with van der Waals surface area (Å²) in [5.74, 6) is 1.55. The summed E-state index contributed by atoms with van der Waals surface area (Å²) in [5, 5.41) is 3.66. The highest BCUT2D eigenvalue weighted by atomic mass is 15.5. The fourth-order valence-corrected chi connectivity index (χ4v) is 5.35. The van der Waals surface area contributed by atoms with Gasteiger partial charge in [0.15, 0.2) is 0 Å². The number of aromatic nitrogens is 2. The Labute approximate surface area is 163 Å². The number of hydrogen-bond acceptors (Lipinski definition) is 6. The van der Waals surface area contributed by atoms with Gasteiger partial charge in [0.1, 0.15) is 0 Å². The van der Waals surface area contributed by atoms with E-state index in [1.54, 1.807) is 0 Å². The molecule has 148 valence electrons. The molecule has 4 aliphatic rings. The number of nitrogens with one attached hydrogen (secondary N) is 1.